The molecular formula is C12H20N2OS. The average Bonchev–Trinajstić information content (AvgIpc) is 2.25. The van der Waals surface area contributed by atoms with Crippen molar-refractivity contribution >= 4 is 11.9 Å². The molecule has 4 saturated carbocycles. The molecule has 4 aliphatic rings. The van der Waals surface area contributed by atoms with Gasteiger partial charge in [0.15, 0.2) is 0 Å². The first-order valence-corrected chi connectivity index (χ1v) is 7.26. The van der Waals surface area contributed by atoms with Crippen molar-refractivity contribution in [3.8, 4) is 0 Å². The molecule has 0 unspecified atom stereocenters. The Balaban J connectivity index is 1.89. The summed E-state index contributed by atoms with van der Waals surface area (Å²) in [5.74, 6) is 3.33. The molecule has 0 radical (unpaired) electrons. The molecule has 0 spiro atoms. The van der Waals surface area contributed by atoms with E-state index in [0.717, 1.165) is 30.1 Å². The Bertz CT molecular complexity index is 267. The highest BCUT2D eigenvalue weighted by Crippen LogP contribution is 2.63. The zero-order valence-electron chi connectivity index (χ0n) is 9.60. The van der Waals surface area contributed by atoms with E-state index in [0.29, 0.717) is 6.54 Å². The maximum atomic E-state index is 10.7. The van der Waals surface area contributed by atoms with E-state index in [1.54, 1.807) is 0 Å². The maximum Gasteiger partial charge on any atom is 0.0481 e. The number of nitrogens with two attached hydrogens (primary N) is 1. The minimum absolute atomic E-state index is 0.115. The summed E-state index contributed by atoms with van der Waals surface area (Å²) in [5, 5.41) is 0. The molecule has 3 nitrogen and oxygen atoms in total. The van der Waals surface area contributed by atoms with Crippen molar-refractivity contribution in [3.63, 3.8) is 0 Å². The van der Waals surface area contributed by atoms with Crippen LogP contribution in [0.1, 0.15) is 38.5 Å². The molecule has 4 bridgehead atoms. The van der Waals surface area contributed by atoms with Gasteiger partial charge in [0, 0.05) is 21.3 Å². The van der Waals surface area contributed by atoms with Crippen LogP contribution in [0.4, 0.5) is 0 Å². The molecule has 0 aromatic rings. The van der Waals surface area contributed by atoms with Crippen LogP contribution < -0.4 is 5.73 Å². The van der Waals surface area contributed by atoms with E-state index < -0.39 is 0 Å². The Morgan fingerprint density at radius 1 is 1.12 bits per heavy atom. The van der Waals surface area contributed by atoms with Crippen LogP contribution in [0.3, 0.4) is 0 Å². The van der Waals surface area contributed by atoms with Gasteiger partial charge in [-0.3, -0.25) is 0 Å². The first-order valence-electron chi connectivity index (χ1n) is 6.49. The Morgan fingerprint density at radius 2 is 1.69 bits per heavy atom. The molecule has 16 heavy (non-hydrogen) atoms. The quantitative estimate of drug-likeness (QED) is 0.607. The van der Waals surface area contributed by atoms with Crippen LogP contribution in [0, 0.1) is 28.6 Å². The van der Waals surface area contributed by atoms with Crippen LogP contribution in [0.2, 0.25) is 0 Å². The van der Waals surface area contributed by atoms with Gasteiger partial charge in [0.1, 0.15) is 0 Å². The summed E-state index contributed by atoms with van der Waals surface area (Å²) in [6.45, 7) is 0.699. The first kappa shape index (κ1) is 11.0. The third kappa shape index (κ3) is 1.46. The topological polar surface area (TPSA) is 55.4 Å². The van der Waals surface area contributed by atoms with Crippen LogP contribution in [0.15, 0.2) is 4.58 Å². The molecule has 0 atom stereocenters. The van der Waals surface area contributed by atoms with Crippen molar-refractivity contribution in [2.24, 2.45) is 34.0 Å². The zero-order valence-corrected chi connectivity index (χ0v) is 10.4. The Hall–Kier alpha value is -0.0900. The summed E-state index contributed by atoms with van der Waals surface area (Å²) in [5.41, 5.74) is 5.77. The third-order valence-corrected chi connectivity index (χ3v) is 6.55. The van der Waals surface area contributed by atoms with Gasteiger partial charge in [0.2, 0.25) is 0 Å². The largest absolute Gasteiger partial charge is 0.330 e. The molecule has 4 fully saturated rings. The monoisotopic (exact) mass is 240 g/mol. The highest BCUT2D eigenvalue weighted by Gasteiger charge is 2.57. The lowest BCUT2D eigenvalue weighted by molar-refractivity contribution is -0.0187. The summed E-state index contributed by atoms with van der Waals surface area (Å²) < 4.78 is 3.30. The van der Waals surface area contributed by atoms with Gasteiger partial charge in [-0.15, -0.1) is 4.91 Å². The van der Waals surface area contributed by atoms with Gasteiger partial charge in [0.05, 0.1) is 0 Å². The predicted molar refractivity (Wildman–Crippen MR) is 66.8 cm³/mol. The SMILES string of the molecule is NCCC1(SN=O)C2CC3CC(C2)CC1C3. The number of nitrogens with zero attached hydrogens (tertiary/aromatic N) is 1. The lowest BCUT2D eigenvalue weighted by Gasteiger charge is -2.59. The van der Waals surface area contributed by atoms with Crippen molar-refractivity contribution in [2.45, 2.75) is 43.3 Å². The number of hydrogen-bond donors (Lipinski definition) is 1. The molecule has 2 N–H and O–H groups in total. The fraction of sp³-hybridized carbons (Fsp3) is 1.00. The van der Waals surface area contributed by atoms with Crippen LogP contribution in [-0.2, 0) is 0 Å². The third-order valence-electron chi connectivity index (χ3n) is 5.26. The standard InChI is InChI=1S/C12H20N2OS/c13-2-1-12(16-14-15)10-4-8-3-9(6-10)7-11(12)5-8/h8-11H,1-7,13H2. The van der Waals surface area contributed by atoms with Gasteiger partial charge >= 0.3 is 0 Å². The van der Waals surface area contributed by atoms with E-state index in [1.807, 2.05) is 0 Å². The molecule has 0 aromatic heterocycles. The molecule has 4 aliphatic carbocycles. The molecular weight excluding hydrogens is 220 g/mol. The fourth-order valence-corrected chi connectivity index (χ4v) is 5.91. The lowest BCUT2D eigenvalue weighted by atomic mass is 9.51. The van der Waals surface area contributed by atoms with E-state index in [-0.39, 0.29) is 4.75 Å². The predicted octanol–water partition coefficient (Wildman–Crippen LogP) is 2.94. The molecule has 0 saturated heterocycles. The van der Waals surface area contributed by atoms with Crippen LogP contribution in [-0.4, -0.2) is 11.3 Å². The van der Waals surface area contributed by atoms with Crippen molar-refractivity contribution in [3.05, 3.63) is 4.91 Å². The van der Waals surface area contributed by atoms with Gasteiger partial charge in [-0.1, -0.05) is 0 Å². The summed E-state index contributed by atoms with van der Waals surface area (Å²) in [6, 6.07) is 0. The molecule has 0 aromatic carbocycles. The van der Waals surface area contributed by atoms with Crippen LogP contribution in [0.25, 0.3) is 0 Å². The second-order valence-electron chi connectivity index (χ2n) is 5.96. The second kappa shape index (κ2) is 3.98. The van der Waals surface area contributed by atoms with Gasteiger partial charge in [-0.05, 0) is 68.7 Å². The van der Waals surface area contributed by atoms with Crippen molar-refractivity contribution < 1.29 is 0 Å². The highest BCUT2D eigenvalue weighted by molar-refractivity contribution is 7.99. The van der Waals surface area contributed by atoms with E-state index in [9.17, 15) is 4.91 Å². The zero-order chi connectivity index (χ0) is 11.2. The minimum atomic E-state index is 0.115. The molecule has 0 aliphatic heterocycles. The fourth-order valence-electron chi connectivity index (χ4n) is 4.88. The van der Waals surface area contributed by atoms with E-state index in [1.165, 1.54) is 44.1 Å². The lowest BCUT2D eigenvalue weighted by Crippen LogP contribution is -2.56. The molecule has 0 amide bonds. The minimum Gasteiger partial charge on any atom is -0.330 e. The van der Waals surface area contributed by atoms with Gasteiger partial charge in [-0.2, -0.15) is 0 Å². The summed E-state index contributed by atoms with van der Waals surface area (Å²) in [4.78, 5) is 10.7. The Labute approximate surface area is 101 Å². The van der Waals surface area contributed by atoms with Crippen molar-refractivity contribution in [1.82, 2.24) is 0 Å². The van der Waals surface area contributed by atoms with Gasteiger partial charge in [-0.25, -0.2) is 0 Å². The average molecular weight is 240 g/mol. The smallest absolute Gasteiger partial charge is 0.0481 e. The number of rotatable bonds is 4. The number of nitroso groups, excluding NO2 is 1. The van der Waals surface area contributed by atoms with Crippen LogP contribution in [0.5, 0.6) is 0 Å². The van der Waals surface area contributed by atoms with Crippen LogP contribution >= 0.6 is 11.9 Å². The first-order chi connectivity index (χ1) is 7.78. The van der Waals surface area contributed by atoms with Crippen molar-refractivity contribution in [1.29, 1.82) is 0 Å². The highest BCUT2D eigenvalue weighted by atomic mass is 32.2. The maximum absolute atomic E-state index is 10.7. The Morgan fingerprint density at radius 3 is 2.12 bits per heavy atom. The summed E-state index contributed by atoms with van der Waals surface area (Å²) >= 11 is 1.33. The van der Waals surface area contributed by atoms with Gasteiger partial charge in [0.25, 0.3) is 0 Å². The normalized spacial score (nSPS) is 49.6. The molecule has 4 heteroatoms. The van der Waals surface area contributed by atoms with Crippen molar-refractivity contribution in [2.75, 3.05) is 6.54 Å². The van der Waals surface area contributed by atoms with Gasteiger partial charge < -0.3 is 5.73 Å². The number of hydrogen-bond acceptors (Lipinski definition) is 4. The van der Waals surface area contributed by atoms with E-state index in [4.69, 9.17) is 5.73 Å². The molecule has 0 heterocycles. The molecule has 4 rings (SSSR count). The summed E-state index contributed by atoms with van der Waals surface area (Å²) in [6.07, 6.45) is 7.75. The van der Waals surface area contributed by atoms with E-state index in [2.05, 4.69) is 4.58 Å². The second-order valence-corrected chi connectivity index (χ2v) is 7.06. The van der Waals surface area contributed by atoms with E-state index >= 15 is 0 Å². The summed E-state index contributed by atoms with van der Waals surface area (Å²) in [7, 11) is 0. The molecule has 90 valence electrons. The Kier molecular flexibility index (Phi) is 2.75.